The van der Waals surface area contributed by atoms with Crippen molar-refractivity contribution >= 4 is 12.0 Å². The zero-order valence-electron chi connectivity index (χ0n) is 11.8. The van der Waals surface area contributed by atoms with Crippen LogP contribution in [0, 0.1) is 0 Å². The number of aliphatic carboxylic acids is 1. The van der Waals surface area contributed by atoms with Gasteiger partial charge in [-0.3, -0.25) is 0 Å². The van der Waals surface area contributed by atoms with Gasteiger partial charge in [-0.25, -0.2) is 9.59 Å². The van der Waals surface area contributed by atoms with Crippen LogP contribution in [0.25, 0.3) is 0 Å². The van der Waals surface area contributed by atoms with Crippen molar-refractivity contribution < 1.29 is 24.5 Å². The van der Waals surface area contributed by atoms with E-state index in [0.29, 0.717) is 6.54 Å². The molecule has 7 heteroatoms. The van der Waals surface area contributed by atoms with Gasteiger partial charge < -0.3 is 24.7 Å². The van der Waals surface area contributed by atoms with Gasteiger partial charge in [0.2, 0.25) is 0 Å². The topological polar surface area (TPSA) is 90.3 Å². The smallest absolute Gasteiger partial charge is 0.326 e. The number of morpholine rings is 1. The Morgan fingerprint density at radius 3 is 2.58 bits per heavy atom. The maximum absolute atomic E-state index is 12.2. The van der Waals surface area contributed by atoms with Gasteiger partial charge in [-0.05, 0) is 20.8 Å². The van der Waals surface area contributed by atoms with Crippen LogP contribution in [0.15, 0.2) is 0 Å². The minimum atomic E-state index is -1.05. The van der Waals surface area contributed by atoms with Crippen molar-refractivity contribution in [1.29, 1.82) is 0 Å². The molecule has 0 spiro atoms. The number of likely N-dealkylation sites (N-methyl/N-ethyl adjacent to an activating group) is 1. The van der Waals surface area contributed by atoms with Gasteiger partial charge in [0.1, 0.15) is 6.04 Å². The van der Waals surface area contributed by atoms with Crippen molar-refractivity contribution in [1.82, 2.24) is 9.80 Å². The maximum atomic E-state index is 12.2. The van der Waals surface area contributed by atoms with E-state index in [1.165, 1.54) is 23.8 Å². The molecule has 0 aromatic heterocycles. The first-order chi connectivity index (χ1) is 8.68. The molecule has 0 aromatic carbocycles. The van der Waals surface area contributed by atoms with Crippen LogP contribution in [0.4, 0.5) is 4.79 Å². The summed E-state index contributed by atoms with van der Waals surface area (Å²) in [6, 6.07) is -1.27. The summed E-state index contributed by atoms with van der Waals surface area (Å²) < 4.78 is 5.61. The molecule has 0 bridgehead atoms. The van der Waals surface area contributed by atoms with Crippen LogP contribution in [0.5, 0.6) is 0 Å². The van der Waals surface area contributed by atoms with Gasteiger partial charge in [0.05, 0.1) is 31.4 Å². The maximum Gasteiger partial charge on any atom is 0.326 e. The zero-order valence-corrected chi connectivity index (χ0v) is 11.8. The Kier molecular flexibility index (Phi) is 4.75. The van der Waals surface area contributed by atoms with E-state index >= 15 is 0 Å². The molecule has 2 N–H and O–H groups in total. The predicted octanol–water partition coefficient (Wildman–Crippen LogP) is -0.0170. The van der Waals surface area contributed by atoms with E-state index < -0.39 is 23.7 Å². The fourth-order valence-electron chi connectivity index (χ4n) is 2.09. The molecule has 2 unspecified atom stereocenters. The van der Waals surface area contributed by atoms with Crippen LogP contribution in [-0.2, 0) is 9.53 Å². The van der Waals surface area contributed by atoms with E-state index in [1.54, 1.807) is 0 Å². The van der Waals surface area contributed by atoms with Crippen molar-refractivity contribution in [2.75, 3.05) is 26.7 Å². The predicted molar refractivity (Wildman–Crippen MR) is 67.9 cm³/mol. The monoisotopic (exact) mass is 274 g/mol. The molecular formula is C12H22N2O5. The fraction of sp³-hybridized carbons (Fsp3) is 0.833. The highest BCUT2D eigenvalue weighted by atomic mass is 16.5. The van der Waals surface area contributed by atoms with E-state index in [4.69, 9.17) is 9.84 Å². The summed E-state index contributed by atoms with van der Waals surface area (Å²) in [6.45, 7) is 5.56. The third-order valence-electron chi connectivity index (χ3n) is 3.20. The van der Waals surface area contributed by atoms with Gasteiger partial charge >= 0.3 is 12.0 Å². The van der Waals surface area contributed by atoms with E-state index in [9.17, 15) is 14.7 Å². The lowest BCUT2D eigenvalue weighted by atomic mass is 10.1. The Hall–Kier alpha value is -1.34. The average Bonchev–Trinajstić information content (AvgIpc) is 2.33. The van der Waals surface area contributed by atoms with E-state index in [0.717, 1.165) is 0 Å². The standard InChI is InChI=1S/C12H22N2O5/c1-8(10(16)17)13(4)11(18)14-5-9(6-15)19-12(2,3)7-14/h8-9,15H,5-7H2,1-4H3,(H,16,17). The summed E-state index contributed by atoms with van der Waals surface area (Å²) in [7, 11) is 1.46. The highest BCUT2D eigenvalue weighted by Crippen LogP contribution is 2.22. The summed E-state index contributed by atoms with van der Waals surface area (Å²) in [5, 5.41) is 18.1. The number of carbonyl (C=O) groups is 2. The molecule has 19 heavy (non-hydrogen) atoms. The third kappa shape index (κ3) is 3.81. The number of hydrogen-bond acceptors (Lipinski definition) is 4. The highest BCUT2D eigenvalue weighted by Gasteiger charge is 2.37. The molecule has 1 aliphatic heterocycles. The third-order valence-corrected chi connectivity index (χ3v) is 3.20. The van der Waals surface area contributed by atoms with Crippen molar-refractivity contribution in [2.24, 2.45) is 0 Å². The summed E-state index contributed by atoms with van der Waals surface area (Å²) in [5.41, 5.74) is -0.561. The second-order valence-electron chi connectivity index (χ2n) is 5.47. The number of carbonyl (C=O) groups excluding carboxylic acids is 1. The number of nitrogens with zero attached hydrogens (tertiary/aromatic N) is 2. The molecule has 1 heterocycles. The summed E-state index contributed by atoms with van der Waals surface area (Å²) in [6.07, 6.45) is -0.443. The van der Waals surface area contributed by atoms with Gasteiger partial charge in [0.25, 0.3) is 0 Å². The number of hydrogen-bond donors (Lipinski definition) is 2. The zero-order chi connectivity index (χ0) is 14.8. The van der Waals surface area contributed by atoms with Gasteiger partial charge in [0.15, 0.2) is 0 Å². The molecule has 1 aliphatic rings. The van der Waals surface area contributed by atoms with Crippen LogP contribution in [0.2, 0.25) is 0 Å². The van der Waals surface area contributed by atoms with Crippen molar-refractivity contribution in [3.05, 3.63) is 0 Å². The van der Waals surface area contributed by atoms with Gasteiger partial charge in [-0.1, -0.05) is 0 Å². The minimum absolute atomic E-state index is 0.175. The van der Waals surface area contributed by atoms with Crippen molar-refractivity contribution in [3.8, 4) is 0 Å². The average molecular weight is 274 g/mol. The number of aliphatic hydroxyl groups is 1. The Bertz CT molecular complexity index is 358. The molecule has 2 atom stereocenters. The van der Waals surface area contributed by atoms with Crippen LogP contribution in [-0.4, -0.2) is 76.5 Å². The molecular weight excluding hydrogens is 252 g/mol. The molecule has 0 saturated carbocycles. The molecule has 0 radical (unpaired) electrons. The molecule has 110 valence electrons. The first-order valence-electron chi connectivity index (χ1n) is 6.21. The highest BCUT2D eigenvalue weighted by molar-refractivity contribution is 5.82. The lowest BCUT2D eigenvalue weighted by Gasteiger charge is -2.43. The first-order valence-corrected chi connectivity index (χ1v) is 6.21. The molecule has 0 aliphatic carbocycles. The van der Waals surface area contributed by atoms with Crippen molar-refractivity contribution in [2.45, 2.75) is 38.5 Å². The van der Waals surface area contributed by atoms with Gasteiger partial charge in [0, 0.05) is 7.05 Å². The first kappa shape index (κ1) is 15.7. The SMILES string of the molecule is CC(C(=O)O)N(C)C(=O)N1CC(CO)OC(C)(C)C1. The molecule has 2 amide bonds. The molecule has 1 fully saturated rings. The van der Waals surface area contributed by atoms with Gasteiger partial charge in [-0.15, -0.1) is 0 Å². The summed E-state index contributed by atoms with van der Waals surface area (Å²) in [4.78, 5) is 25.8. The van der Waals surface area contributed by atoms with E-state index in [1.807, 2.05) is 13.8 Å². The second kappa shape index (κ2) is 5.75. The quantitative estimate of drug-likeness (QED) is 0.755. The van der Waals surface area contributed by atoms with Crippen LogP contribution in [0.1, 0.15) is 20.8 Å². The number of carboxylic acid groups (broad SMARTS) is 1. The Morgan fingerprint density at radius 1 is 1.53 bits per heavy atom. The number of rotatable bonds is 3. The number of urea groups is 1. The number of carboxylic acids is 1. The molecule has 1 rings (SSSR count). The summed E-state index contributed by atoms with van der Waals surface area (Å²) >= 11 is 0. The lowest BCUT2D eigenvalue weighted by Crippen LogP contribution is -2.59. The van der Waals surface area contributed by atoms with Gasteiger partial charge in [-0.2, -0.15) is 0 Å². The molecule has 1 saturated heterocycles. The minimum Gasteiger partial charge on any atom is -0.480 e. The molecule has 7 nitrogen and oxygen atoms in total. The fourth-order valence-corrected chi connectivity index (χ4v) is 2.09. The molecule has 0 aromatic rings. The summed E-state index contributed by atoms with van der Waals surface area (Å²) in [5.74, 6) is -1.05. The van der Waals surface area contributed by atoms with Crippen LogP contribution >= 0.6 is 0 Å². The number of aliphatic hydroxyl groups excluding tert-OH is 1. The number of amides is 2. The van der Waals surface area contributed by atoms with Crippen LogP contribution < -0.4 is 0 Å². The van der Waals surface area contributed by atoms with Crippen LogP contribution in [0.3, 0.4) is 0 Å². The van der Waals surface area contributed by atoms with E-state index in [2.05, 4.69) is 0 Å². The largest absolute Gasteiger partial charge is 0.480 e. The van der Waals surface area contributed by atoms with E-state index in [-0.39, 0.29) is 19.2 Å². The Labute approximate surface area is 112 Å². The Balaban J connectivity index is 2.78. The number of ether oxygens (including phenoxy) is 1. The lowest BCUT2D eigenvalue weighted by molar-refractivity contribution is -0.145. The Morgan fingerprint density at radius 2 is 2.11 bits per heavy atom. The van der Waals surface area contributed by atoms with Crippen molar-refractivity contribution in [3.63, 3.8) is 0 Å². The second-order valence-corrected chi connectivity index (χ2v) is 5.47. The normalized spacial score (nSPS) is 23.8.